The van der Waals surface area contributed by atoms with Gasteiger partial charge >= 0.3 is 0 Å². The maximum atomic E-state index is 3.53. The molecule has 0 saturated heterocycles. The molecule has 2 aliphatic rings. The Hall–Kier alpha value is -1.42. The summed E-state index contributed by atoms with van der Waals surface area (Å²) in [6.45, 7) is 3.43. The quantitative estimate of drug-likeness (QED) is 0.677. The lowest BCUT2D eigenvalue weighted by atomic mass is 9.96. The Bertz CT molecular complexity index is 514. The number of hydrogen-bond acceptors (Lipinski definition) is 1. The van der Waals surface area contributed by atoms with Gasteiger partial charge in [0, 0.05) is 30.3 Å². The molecule has 1 aliphatic heterocycles. The van der Waals surface area contributed by atoms with E-state index in [1.807, 2.05) is 0 Å². The van der Waals surface area contributed by atoms with Gasteiger partial charge in [-0.1, -0.05) is 24.8 Å². The molecule has 94 valence electrons. The van der Waals surface area contributed by atoms with Crippen molar-refractivity contribution in [3.05, 3.63) is 29.3 Å². The molecular weight excluding hydrogens is 218 g/mol. The Kier molecular flexibility index (Phi) is 2.82. The molecule has 1 fully saturated rings. The van der Waals surface area contributed by atoms with E-state index < -0.39 is 0 Å². The first-order valence-corrected chi connectivity index (χ1v) is 7.10. The molecule has 1 aromatic rings. The van der Waals surface area contributed by atoms with Crippen LogP contribution in [0.25, 0.3) is 0 Å². The fraction of sp³-hybridized carbons (Fsp3) is 0.529. The highest BCUT2D eigenvalue weighted by Gasteiger charge is 2.38. The van der Waals surface area contributed by atoms with Crippen LogP contribution in [0.5, 0.6) is 0 Å². The van der Waals surface area contributed by atoms with Gasteiger partial charge in [-0.05, 0) is 49.8 Å². The molecule has 1 aliphatic carbocycles. The summed E-state index contributed by atoms with van der Waals surface area (Å²) in [4.78, 5) is 2.36. The first-order valence-electron chi connectivity index (χ1n) is 7.10. The number of fused-ring (bicyclic) bond motifs is 1. The summed E-state index contributed by atoms with van der Waals surface area (Å²) in [6.07, 6.45) is 6.23. The van der Waals surface area contributed by atoms with Crippen molar-refractivity contribution in [3.8, 4) is 11.8 Å². The highest BCUT2D eigenvalue weighted by molar-refractivity contribution is 5.62. The molecular formula is C17H21N. The van der Waals surface area contributed by atoms with Gasteiger partial charge in [0.1, 0.15) is 0 Å². The van der Waals surface area contributed by atoms with Crippen LogP contribution in [0, 0.1) is 17.3 Å². The average Bonchev–Trinajstić information content (AvgIpc) is 3.18. The monoisotopic (exact) mass is 239 g/mol. The van der Waals surface area contributed by atoms with E-state index in [9.17, 15) is 0 Å². The predicted octanol–water partition coefficient (Wildman–Crippen LogP) is 3.61. The van der Waals surface area contributed by atoms with Crippen LogP contribution >= 0.6 is 0 Å². The molecule has 3 rings (SSSR count). The fourth-order valence-corrected chi connectivity index (χ4v) is 2.84. The molecule has 1 heterocycles. The lowest BCUT2D eigenvalue weighted by molar-refractivity contribution is 0.651. The lowest BCUT2D eigenvalue weighted by Gasteiger charge is -2.28. The van der Waals surface area contributed by atoms with Gasteiger partial charge in [-0.25, -0.2) is 0 Å². The smallest absolute Gasteiger partial charge is 0.0408 e. The number of hydrogen-bond donors (Lipinski definition) is 0. The maximum Gasteiger partial charge on any atom is 0.0408 e. The van der Waals surface area contributed by atoms with Crippen molar-refractivity contribution in [3.63, 3.8) is 0 Å². The number of rotatable bonds is 1. The predicted molar refractivity (Wildman–Crippen MR) is 76.9 cm³/mol. The summed E-state index contributed by atoms with van der Waals surface area (Å²) in [5, 5.41) is 0. The zero-order valence-corrected chi connectivity index (χ0v) is 11.4. The minimum Gasteiger partial charge on any atom is -0.374 e. The molecule has 0 amide bonds. The molecule has 0 N–H and O–H groups in total. The molecule has 0 unspecified atom stereocenters. The zero-order chi connectivity index (χ0) is 12.6. The average molecular weight is 239 g/mol. The standard InChI is InChI=1S/C17H21N/c1-3-17(11-12-17)10-9-14-6-4-8-16-15(14)7-5-13-18(16)2/h4,6,8H,3,5,7,11-13H2,1-2H3. The van der Waals surface area contributed by atoms with Crippen molar-refractivity contribution in [2.24, 2.45) is 5.41 Å². The van der Waals surface area contributed by atoms with E-state index >= 15 is 0 Å². The third kappa shape index (κ3) is 2.01. The molecule has 18 heavy (non-hydrogen) atoms. The van der Waals surface area contributed by atoms with E-state index in [1.54, 1.807) is 0 Å². The Morgan fingerprint density at radius 2 is 2.17 bits per heavy atom. The van der Waals surface area contributed by atoms with Crippen molar-refractivity contribution in [1.82, 2.24) is 0 Å². The minimum atomic E-state index is 0.364. The van der Waals surface area contributed by atoms with Crippen LogP contribution in [-0.2, 0) is 6.42 Å². The molecule has 0 spiro atoms. The summed E-state index contributed by atoms with van der Waals surface area (Å²) in [7, 11) is 2.18. The summed E-state index contributed by atoms with van der Waals surface area (Å²) >= 11 is 0. The van der Waals surface area contributed by atoms with Crippen molar-refractivity contribution in [1.29, 1.82) is 0 Å². The highest BCUT2D eigenvalue weighted by Crippen LogP contribution is 2.48. The van der Waals surface area contributed by atoms with Gasteiger partial charge in [0.15, 0.2) is 0 Å². The fourth-order valence-electron chi connectivity index (χ4n) is 2.84. The molecule has 1 nitrogen and oxygen atoms in total. The van der Waals surface area contributed by atoms with E-state index in [4.69, 9.17) is 0 Å². The van der Waals surface area contributed by atoms with Gasteiger partial charge in [0.05, 0.1) is 0 Å². The Labute approximate surface area is 110 Å². The SMILES string of the molecule is CCC1(C#Cc2cccc3c2CCCN3C)CC1. The van der Waals surface area contributed by atoms with E-state index in [1.165, 1.54) is 55.5 Å². The molecule has 0 aromatic heterocycles. The summed E-state index contributed by atoms with van der Waals surface area (Å²) in [6, 6.07) is 6.57. The molecule has 0 radical (unpaired) electrons. The molecule has 0 bridgehead atoms. The van der Waals surface area contributed by atoms with Crippen LogP contribution in [0.1, 0.15) is 43.7 Å². The van der Waals surface area contributed by atoms with Gasteiger partial charge in [-0.3, -0.25) is 0 Å². The Morgan fingerprint density at radius 3 is 2.89 bits per heavy atom. The second-order valence-corrected chi connectivity index (χ2v) is 5.71. The Balaban J connectivity index is 1.96. The van der Waals surface area contributed by atoms with Crippen LogP contribution < -0.4 is 4.90 Å². The van der Waals surface area contributed by atoms with Gasteiger partial charge in [0.25, 0.3) is 0 Å². The van der Waals surface area contributed by atoms with Gasteiger partial charge < -0.3 is 4.90 Å². The van der Waals surface area contributed by atoms with E-state index in [0.29, 0.717) is 5.41 Å². The molecule has 1 saturated carbocycles. The van der Waals surface area contributed by atoms with Gasteiger partial charge in [0.2, 0.25) is 0 Å². The van der Waals surface area contributed by atoms with Crippen LogP contribution in [-0.4, -0.2) is 13.6 Å². The second kappa shape index (κ2) is 4.35. The largest absolute Gasteiger partial charge is 0.374 e. The van der Waals surface area contributed by atoms with E-state index in [-0.39, 0.29) is 0 Å². The van der Waals surface area contributed by atoms with E-state index in [2.05, 4.69) is 48.9 Å². The summed E-state index contributed by atoms with van der Waals surface area (Å²) in [5.74, 6) is 7.00. The lowest BCUT2D eigenvalue weighted by Crippen LogP contribution is -2.25. The topological polar surface area (TPSA) is 3.24 Å². The Morgan fingerprint density at radius 1 is 1.33 bits per heavy atom. The second-order valence-electron chi connectivity index (χ2n) is 5.71. The van der Waals surface area contributed by atoms with Crippen LogP contribution in [0.2, 0.25) is 0 Å². The van der Waals surface area contributed by atoms with Gasteiger partial charge in [-0.2, -0.15) is 0 Å². The van der Waals surface area contributed by atoms with Crippen LogP contribution in [0.4, 0.5) is 5.69 Å². The summed E-state index contributed by atoms with van der Waals surface area (Å²) in [5.41, 5.74) is 4.47. The first-order chi connectivity index (χ1) is 8.74. The van der Waals surface area contributed by atoms with Crippen molar-refractivity contribution in [2.45, 2.75) is 39.0 Å². The number of benzene rings is 1. The van der Waals surface area contributed by atoms with Gasteiger partial charge in [-0.15, -0.1) is 0 Å². The van der Waals surface area contributed by atoms with Crippen LogP contribution in [0.3, 0.4) is 0 Å². The number of anilines is 1. The third-order valence-corrected chi connectivity index (χ3v) is 4.48. The van der Waals surface area contributed by atoms with Crippen molar-refractivity contribution in [2.75, 3.05) is 18.5 Å². The normalized spacial score (nSPS) is 19.8. The molecule has 1 heteroatoms. The van der Waals surface area contributed by atoms with Crippen molar-refractivity contribution >= 4 is 5.69 Å². The summed E-state index contributed by atoms with van der Waals surface area (Å²) < 4.78 is 0. The number of nitrogens with zero attached hydrogens (tertiary/aromatic N) is 1. The molecule has 0 atom stereocenters. The zero-order valence-electron chi connectivity index (χ0n) is 11.4. The third-order valence-electron chi connectivity index (χ3n) is 4.48. The molecule has 1 aromatic carbocycles. The van der Waals surface area contributed by atoms with E-state index in [0.717, 1.165) is 0 Å². The highest BCUT2D eigenvalue weighted by atomic mass is 15.1. The van der Waals surface area contributed by atoms with Crippen LogP contribution in [0.15, 0.2) is 18.2 Å². The maximum absolute atomic E-state index is 3.53. The first kappa shape index (κ1) is 11.7. The van der Waals surface area contributed by atoms with Crippen molar-refractivity contribution < 1.29 is 0 Å². The minimum absolute atomic E-state index is 0.364.